The van der Waals surface area contributed by atoms with E-state index in [9.17, 15) is 5.26 Å². The maximum Gasteiger partial charge on any atom is 0.242 e. The van der Waals surface area contributed by atoms with Crippen LogP contribution in [0.25, 0.3) is 5.76 Å². The van der Waals surface area contributed by atoms with E-state index in [2.05, 4.69) is 45.4 Å². The molecule has 0 radical (unpaired) electrons. The molecular weight excluding hydrogens is 306 g/mol. The van der Waals surface area contributed by atoms with Gasteiger partial charge in [-0.05, 0) is 46.2 Å². The zero-order valence-corrected chi connectivity index (χ0v) is 16.7. The molecule has 3 nitrogen and oxygen atoms in total. The maximum atomic E-state index is 9.60. The summed E-state index contributed by atoms with van der Waals surface area (Å²) in [7, 11) is -3.65. The average Bonchev–Trinajstić information content (AvgIpc) is 2.35. The van der Waals surface area contributed by atoms with Crippen molar-refractivity contribution in [3.05, 3.63) is 42.0 Å². The van der Waals surface area contributed by atoms with Crippen LogP contribution in [0.1, 0.15) is 12.5 Å². The van der Waals surface area contributed by atoms with E-state index in [0.29, 0.717) is 0 Å². The minimum Gasteiger partial charge on any atom is -0.544 e. The van der Waals surface area contributed by atoms with E-state index in [1.165, 1.54) is 0 Å². The normalized spacial score (nSPS) is 15.8. The molecule has 1 aromatic carbocycles. The Bertz CT molecular complexity index is 565. The second-order valence-corrected chi connectivity index (χ2v) is 16.4. The minimum atomic E-state index is -1.85. The lowest BCUT2D eigenvalue weighted by Gasteiger charge is -2.30. The summed E-state index contributed by atoms with van der Waals surface area (Å²) in [5, 5.41) is 9.60. The number of benzene rings is 1. The lowest BCUT2D eigenvalue weighted by Crippen LogP contribution is -2.38. The Kier molecular flexibility index (Phi) is 5.79. The molecule has 120 valence electrons. The van der Waals surface area contributed by atoms with Crippen molar-refractivity contribution in [3.63, 3.8) is 0 Å². The first-order chi connectivity index (χ1) is 9.94. The summed E-state index contributed by atoms with van der Waals surface area (Å²) < 4.78 is 12.3. The van der Waals surface area contributed by atoms with Crippen molar-refractivity contribution in [2.24, 2.45) is 0 Å². The van der Waals surface area contributed by atoms with Crippen LogP contribution >= 0.6 is 0 Å². The molecule has 0 N–H and O–H groups in total. The Morgan fingerprint density at radius 3 is 2.00 bits per heavy atom. The summed E-state index contributed by atoms with van der Waals surface area (Å²) in [6, 6.07) is 12.2. The van der Waals surface area contributed by atoms with Gasteiger partial charge in [-0.3, -0.25) is 0 Å². The summed E-state index contributed by atoms with van der Waals surface area (Å²) >= 11 is 0. The van der Waals surface area contributed by atoms with E-state index in [1.54, 1.807) is 0 Å². The molecule has 0 saturated heterocycles. The van der Waals surface area contributed by atoms with Crippen LogP contribution in [0.3, 0.4) is 0 Å². The lowest BCUT2D eigenvalue weighted by molar-refractivity contribution is 0.191. The topological polar surface area (TPSA) is 42.2 Å². The van der Waals surface area contributed by atoms with Crippen LogP contribution in [-0.4, -0.2) is 22.2 Å². The average molecular weight is 334 g/mol. The number of hydrogen-bond donors (Lipinski definition) is 0. The first-order valence-corrected chi connectivity index (χ1v) is 14.3. The van der Waals surface area contributed by atoms with Gasteiger partial charge in [0.25, 0.3) is 0 Å². The zero-order chi connectivity index (χ0) is 17.0. The molecule has 0 saturated carbocycles. The Hall–Kier alpha value is -1.36. The first kappa shape index (κ1) is 18.7. The van der Waals surface area contributed by atoms with Crippen LogP contribution in [0.2, 0.25) is 39.3 Å². The fourth-order valence-electron chi connectivity index (χ4n) is 2.07. The van der Waals surface area contributed by atoms with Crippen molar-refractivity contribution >= 4 is 22.4 Å². The van der Waals surface area contributed by atoms with Gasteiger partial charge in [0, 0.05) is 11.6 Å². The van der Waals surface area contributed by atoms with E-state index in [4.69, 9.17) is 8.85 Å². The fourth-order valence-corrected chi connectivity index (χ4v) is 4.29. The monoisotopic (exact) mass is 333 g/mol. The van der Waals surface area contributed by atoms with Crippen molar-refractivity contribution in [1.82, 2.24) is 0 Å². The molecule has 0 aromatic heterocycles. The quantitative estimate of drug-likeness (QED) is 0.542. The first-order valence-electron chi connectivity index (χ1n) is 7.53. The molecule has 0 amide bonds. The molecule has 1 atom stereocenters. The highest BCUT2D eigenvalue weighted by Gasteiger charge is 2.31. The lowest BCUT2D eigenvalue weighted by atomic mass is 10.1. The SMILES string of the molecule is CC(C#N)(C=C(O[Si](C)(C)C)c1ccccc1)O[Si](C)(C)C. The molecule has 1 rings (SSSR count). The summed E-state index contributed by atoms with van der Waals surface area (Å²) in [4.78, 5) is 0. The van der Waals surface area contributed by atoms with Crippen molar-refractivity contribution < 1.29 is 8.85 Å². The predicted molar refractivity (Wildman–Crippen MR) is 97.3 cm³/mol. The molecule has 0 fully saturated rings. The van der Waals surface area contributed by atoms with Gasteiger partial charge in [0.2, 0.25) is 8.32 Å². The number of hydrogen-bond acceptors (Lipinski definition) is 3. The molecule has 1 aromatic rings. The highest BCUT2D eigenvalue weighted by Crippen LogP contribution is 2.27. The molecule has 0 spiro atoms. The van der Waals surface area contributed by atoms with E-state index in [0.717, 1.165) is 11.3 Å². The largest absolute Gasteiger partial charge is 0.544 e. The van der Waals surface area contributed by atoms with Gasteiger partial charge in [-0.1, -0.05) is 30.3 Å². The zero-order valence-electron chi connectivity index (χ0n) is 14.7. The Morgan fingerprint density at radius 1 is 1.05 bits per heavy atom. The van der Waals surface area contributed by atoms with Crippen molar-refractivity contribution in [1.29, 1.82) is 5.26 Å². The third-order valence-corrected chi connectivity index (χ3v) is 4.49. The summed E-state index contributed by atoms with van der Waals surface area (Å²) in [6.45, 7) is 14.4. The smallest absolute Gasteiger partial charge is 0.242 e. The molecular formula is C17H27NO2Si2. The molecule has 0 heterocycles. The third kappa shape index (κ3) is 6.60. The highest BCUT2D eigenvalue weighted by molar-refractivity contribution is 6.70. The van der Waals surface area contributed by atoms with E-state index < -0.39 is 22.2 Å². The van der Waals surface area contributed by atoms with Gasteiger partial charge in [0.1, 0.15) is 11.8 Å². The highest BCUT2D eigenvalue weighted by atomic mass is 28.4. The molecule has 5 heteroatoms. The summed E-state index contributed by atoms with van der Waals surface area (Å²) in [5.41, 5.74) is 0.000497. The molecule has 0 aliphatic heterocycles. The second kappa shape index (κ2) is 6.82. The van der Waals surface area contributed by atoms with E-state index in [1.807, 2.05) is 43.3 Å². The van der Waals surface area contributed by atoms with Crippen LogP contribution in [0.15, 0.2) is 36.4 Å². The van der Waals surface area contributed by atoms with Gasteiger partial charge in [0.15, 0.2) is 13.9 Å². The third-order valence-electron chi connectivity index (χ3n) is 2.62. The van der Waals surface area contributed by atoms with Gasteiger partial charge in [-0.2, -0.15) is 5.26 Å². The Labute approximate surface area is 136 Å². The van der Waals surface area contributed by atoms with E-state index >= 15 is 0 Å². The van der Waals surface area contributed by atoms with Gasteiger partial charge in [0.05, 0.1) is 0 Å². The standard InChI is InChI=1S/C17H27NO2Si2/c1-17(14-18,20-22(5,6)7)13-16(19-21(2,3)4)15-11-9-8-10-12-15/h8-13H,1-7H3. The van der Waals surface area contributed by atoms with Crippen LogP contribution in [-0.2, 0) is 8.85 Å². The number of rotatable bonds is 6. The van der Waals surface area contributed by atoms with Gasteiger partial charge in [-0.15, -0.1) is 0 Å². The van der Waals surface area contributed by atoms with Gasteiger partial charge in [-0.25, -0.2) is 0 Å². The Balaban J connectivity index is 3.28. The molecule has 0 bridgehead atoms. The Morgan fingerprint density at radius 2 is 1.59 bits per heavy atom. The van der Waals surface area contributed by atoms with Crippen molar-refractivity contribution in [3.8, 4) is 6.07 Å². The van der Waals surface area contributed by atoms with Crippen LogP contribution < -0.4 is 0 Å². The van der Waals surface area contributed by atoms with Crippen LogP contribution in [0.4, 0.5) is 0 Å². The van der Waals surface area contributed by atoms with Crippen molar-refractivity contribution in [2.75, 3.05) is 0 Å². The maximum absolute atomic E-state index is 9.60. The second-order valence-electron chi connectivity index (χ2n) is 7.52. The van der Waals surface area contributed by atoms with E-state index in [-0.39, 0.29) is 0 Å². The summed E-state index contributed by atoms with van der Waals surface area (Å²) in [5.74, 6) is 0.738. The predicted octanol–water partition coefficient (Wildman–Crippen LogP) is 5.01. The molecule has 22 heavy (non-hydrogen) atoms. The van der Waals surface area contributed by atoms with Crippen molar-refractivity contribution in [2.45, 2.75) is 51.8 Å². The minimum absolute atomic E-state index is 0.738. The fraction of sp³-hybridized carbons (Fsp3) is 0.471. The number of nitriles is 1. The number of nitrogens with zero attached hydrogens (tertiary/aromatic N) is 1. The summed E-state index contributed by atoms with van der Waals surface area (Å²) in [6.07, 6.45) is 1.83. The van der Waals surface area contributed by atoms with Crippen LogP contribution in [0, 0.1) is 11.3 Å². The van der Waals surface area contributed by atoms with Gasteiger partial charge < -0.3 is 8.85 Å². The molecule has 0 aliphatic carbocycles. The molecule has 0 aliphatic rings. The van der Waals surface area contributed by atoms with Crippen LogP contribution in [0.5, 0.6) is 0 Å². The molecule has 1 unspecified atom stereocenters. The van der Waals surface area contributed by atoms with Gasteiger partial charge >= 0.3 is 0 Å².